The van der Waals surface area contributed by atoms with E-state index >= 15 is 0 Å². The number of nitrogens with zero attached hydrogens (tertiary/aromatic N) is 1. The van der Waals surface area contributed by atoms with Crippen LogP contribution in [0.4, 0.5) is 0 Å². The van der Waals surface area contributed by atoms with Crippen LogP contribution in [0.25, 0.3) is 5.57 Å². The third-order valence-corrected chi connectivity index (χ3v) is 1.82. The van der Waals surface area contributed by atoms with E-state index in [0.29, 0.717) is 5.71 Å². The van der Waals surface area contributed by atoms with Gasteiger partial charge in [0.1, 0.15) is 0 Å². The van der Waals surface area contributed by atoms with Gasteiger partial charge in [0, 0.05) is 17.6 Å². The average Bonchev–Trinajstić information content (AvgIpc) is 2.14. The van der Waals surface area contributed by atoms with Gasteiger partial charge < -0.3 is 5.41 Å². The summed E-state index contributed by atoms with van der Waals surface area (Å²) < 4.78 is 0. The van der Waals surface area contributed by atoms with Crippen molar-refractivity contribution >= 4 is 11.3 Å². The molecule has 0 unspecified atom stereocenters. The third-order valence-electron chi connectivity index (χ3n) is 1.82. The first-order valence-corrected chi connectivity index (χ1v) is 4.46. The van der Waals surface area contributed by atoms with Crippen LogP contribution in [0.1, 0.15) is 18.2 Å². The van der Waals surface area contributed by atoms with Gasteiger partial charge in [-0.1, -0.05) is 12.7 Å². The van der Waals surface area contributed by atoms with Crippen LogP contribution in [0.3, 0.4) is 0 Å². The van der Waals surface area contributed by atoms with E-state index in [1.807, 2.05) is 19.1 Å². The molecule has 2 nitrogen and oxygen atoms in total. The number of hydrogen-bond acceptors (Lipinski definition) is 2. The van der Waals surface area contributed by atoms with Crippen LogP contribution in [0.2, 0.25) is 0 Å². The molecule has 0 saturated heterocycles. The Morgan fingerprint density at radius 1 is 1.57 bits per heavy atom. The van der Waals surface area contributed by atoms with Gasteiger partial charge in [-0.3, -0.25) is 4.98 Å². The molecular weight excluding hydrogens is 172 g/mol. The van der Waals surface area contributed by atoms with Crippen LogP contribution < -0.4 is 0 Å². The summed E-state index contributed by atoms with van der Waals surface area (Å²) in [5, 5.41) is 7.39. The van der Waals surface area contributed by atoms with E-state index in [9.17, 15) is 0 Å². The van der Waals surface area contributed by atoms with E-state index in [1.54, 1.807) is 25.3 Å². The zero-order valence-electron chi connectivity index (χ0n) is 8.54. The van der Waals surface area contributed by atoms with E-state index in [2.05, 4.69) is 11.6 Å². The molecule has 0 aliphatic heterocycles. The SMILES string of the molecule is C=C/C(=C\C(C)=N)c1ccnc(C)c1. The molecule has 0 bridgehead atoms. The lowest BCUT2D eigenvalue weighted by molar-refractivity contribution is 1.19. The van der Waals surface area contributed by atoms with Gasteiger partial charge in [0.15, 0.2) is 0 Å². The summed E-state index contributed by atoms with van der Waals surface area (Å²) in [5.41, 5.74) is 3.51. The Hall–Kier alpha value is -1.70. The van der Waals surface area contributed by atoms with E-state index < -0.39 is 0 Å². The number of allylic oxidation sites excluding steroid dienone is 3. The molecule has 0 aliphatic carbocycles. The Bertz CT molecular complexity index is 389. The van der Waals surface area contributed by atoms with Gasteiger partial charge in [-0.25, -0.2) is 0 Å². The zero-order valence-corrected chi connectivity index (χ0v) is 8.54. The number of pyridine rings is 1. The van der Waals surface area contributed by atoms with Crippen molar-refractivity contribution in [3.63, 3.8) is 0 Å². The van der Waals surface area contributed by atoms with E-state index in [0.717, 1.165) is 16.8 Å². The monoisotopic (exact) mass is 186 g/mol. The molecule has 1 heterocycles. The highest BCUT2D eigenvalue weighted by molar-refractivity contribution is 5.98. The molecule has 0 atom stereocenters. The van der Waals surface area contributed by atoms with Gasteiger partial charge in [-0.15, -0.1) is 0 Å². The lowest BCUT2D eigenvalue weighted by Crippen LogP contribution is -1.88. The highest BCUT2D eigenvalue weighted by Gasteiger charge is 1.97. The lowest BCUT2D eigenvalue weighted by Gasteiger charge is -2.02. The molecular formula is C12H14N2. The zero-order chi connectivity index (χ0) is 10.6. The van der Waals surface area contributed by atoms with Crippen LogP contribution in [0.5, 0.6) is 0 Å². The third kappa shape index (κ3) is 2.66. The highest BCUT2D eigenvalue weighted by atomic mass is 14.6. The predicted octanol–water partition coefficient (Wildman–Crippen LogP) is 3.00. The summed E-state index contributed by atoms with van der Waals surface area (Å²) in [6, 6.07) is 3.90. The quantitative estimate of drug-likeness (QED) is 0.571. The summed E-state index contributed by atoms with van der Waals surface area (Å²) in [6.45, 7) is 7.43. The van der Waals surface area contributed by atoms with E-state index in [1.165, 1.54) is 0 Å². The topological polar surface area (TPSA) is 36.7 Å². The van der Waals surface area contributed by atoms with Crippen LogP contribution >= 0.6 is 0 Å². The first-order valence-electron chi connectivity index (χ1n) is 4.46. The fourth-order valence-electron chi connectivity index (χ4n) is 1.22. The molecule has 1 N–H and O–H groups in total. The maximum absolute atomic E-state index is 7.39. The standard InChI is InChI=1S/C12H14N2/c1-4-11(7-9(2)13)12-5-6-14-10(3)8-12/h4-8,13H,1H2,2-3H3/b11-7+,13-9?. The van der Waals surface area contributed by atoms with Gasteiger partial charge in [-0.05, 0) is 43.2 Å². The number of aromatic nitrogens is 1. The van der Waals surface area contributed by atoms with E-state index in [-0.39, 0.29) is 0 Å². The second-order valence-corrected chi connectivity index (χ2v) is 3.17. The molecule has 1 aromatic heterocycles. The van der Waals surface area contributed by atoms with Crippen LogP contribution in [0, 0.1) is 12.3 Å². The number of rotatable bonds is 3. The molecule has 1 aromatic rings. The Balaban J connectivity index is 3.13. The van der Waals surface area contributed by atoms with Crippen molar-refractivity contribution in [1.82, 2.24) is 4.98 Å². The van der Waals surface area contributed by atoms with Crippen molar-refractivity contribution in [2.45, 2.75) is 13.8 Å². The van der Waals surface area contributed by atoms with Gasteiger partial charge in [0.05, 0.1) is 0 Å². The summed E-state index contributed by atoms with van der Waals surface area (Å²) >= 11 is 0. The molecule has 72 valence electrons. The van der Waals surface area contributed by atoms with Gasteiger partial charge in [0.25, 0.3) is 0 Å². The Morgan fingerprint density at radius 3 is 2.79 bits per heavy atom. The molecule has 1 rings (SSSR count). The average molecular weight is 186 g/mol. The minimum absolute atomic E-state index is 0.523. The molecule has 0 spiro atoms. The summed E-state index contributed by atoms with van der Waals surface area (Å²) in [7, 11) is 0. The van der Waals surface area contributed by atoms with Crippen LogP contribution in [-0.2, 0) is 0 Å². The normalized spacial score (nSPS) is 11.1. The Kier molecular flexibility index (Phi) is 3.35. The number of hydrogen-bond donors (Lipinski definition) is 1. The molecule has 0 aromatic carbocycles. The second kappa shape index (κ2) is 4.51. The fourth-order valence-corrected chi connectivity index (χ4v) is 1.22. The van der Waals surface area contributed by atoms with Crippen molar-refractivity contribution < 1.29 is 0 Å². The molecule has 0 fully saturated rings. The molecule has 0 aliphatic rings. The van der Waals surface area contributed by atoms with Gasteiger partial charge >= 0.3 is 0 Å². The fraction of sp³-hybridized carbons (Fsp3) is 0.167. The largest absolute Gasteiger partial charge is 0.306 e. The second-order valence-electron chi connectivity index (χ2n) is 3.17. The summed E-state index contributed by atoms with van der Waals surface area (Å²) in [5.74, 6) is 0. The maximum Gasteiger partial charge on any atom is 0.0378 e. The van der Waals surface area contributed by atoms with Crippen molar-refractivity contribution in [2.75, 3.05) is 0 Å². The summed E-state index contributed by atoms with van der Waals surface area (Å²) in [4.78, 5) is 4.12. The lowest BCUT2D eigenvalue weighted by atomic mass is 10.1. The van der Waals surface area contributed by atoms with Crippen molar-refractivity contribution in [3.8, 4) is 0 Å². The van der Waals surface area contributed by atoms with Crippen molar-refractivity contribution in [1.29, 1.82) is 5.41 Å². The molecule has 0 amide bonds. The number of nitrogens with one attached hydrogen (secondary N) is 1. The van der Waals surface area contributed by atoms with E-state index in [4.69, 9.17) is 5.41 Å². The highest BCUT2D eigenvalue weighted by Crippen LogP contribution is 2.15. The van der Waals surface area contributed by atoms with Crippen LogP contribution in [0.15, 0.2) is 37.1 Å². The maximum atomic E-state index is 7.39. The molecule has 0 saturated carbocycles. The first kappa shape index (κ1) is 10.4. The van der Waals surface area contributed by atoms with Crippen molar-refractivity contribution in [3.05, 3.63) is 48.3 Å². The molecule has 2 heteroatoms. The smallest absolute Gasteiger partial charge is 0.0378 e. The Morgan fingerprint density at radius 2 is 2.29 bits per heavy atom. The first-order chi connectivity index (χ1) is 6.63. The minimum atomic E-state index is 0.523. The Labute approximate surface area is 84.5 Å². The predicted molar refractivity (Wildman–Crippen MR) is 60.5 cm³/mol. The molecule has 0 radical (unpaired) electrons. The number of aryl methyl sites for hydroxylation is 1. The summed E-state index contributed by atoms with van der Waals surface area (Å²) in [6.07, 6.45) is 5.32. The van der Waals surface area contributed by atoms with Gasteiger partial charge in [-0.2, -0.15) is 0 Å². The molecule has 14 heavy (non-hydrogen) atoms. The van der Waals surface area contributed by atoms with Crippen molar-refractivity contribution in [2.24, 2.45) is 0 Å². The van der Waals surface area contributed by atoms with Crippen LogP contribution in [-0.4, -0.2) is 10.7 Å². The minimum Gasteiger partial charge on any atom is -0.306 e. The van der Waals surface area contributed by atoms with Gasteiger partial charge in [0.2, 0.25) is 0 Å².